The summed E-state index contributed by atoms with van der Waals surface area (Å²) in [5.41, 5.74) is 0. The summed E-state index contributed by atoms with van der Waals surface area (Å²) in [6.45, 7) is 9.51. The van der Waals surface area contributed by atoms with Gasteiger partial charge in [0.2, 0.25) is 23.6 Å². The van der Waals surface area contributed by atoms with Gasteiger partial charge in [-0.2, -0.15) is 0 Å². The summed E-state index contributed by atoms with van der Waals surface area (Å²) in [5.74, 6) is 0.0135. The number of nitrogens with one attached hydrogen (secondary N) is 6. The number of rotatable bonds is 22. The zero-order chi connectivity index (χ0) is 26.3. The van der Waals surface area contributed by atoms with Crippen LogP contribution >= 0.6 is 0 Å². The Bertz CT molecular complexity index is 586. The van der Waals surface area contributed by atoms with Crippen molar-refractivity contribution < 1.29 is 19.2 Å². The van der Waals surface area contributed by atoms with Crippen molar-refractivity contribution in [3.8, 4) is 0 Å². The topological polar surface area (TPSA) is 147 Å². The lowest BCUT2D eigenvalue weighted by Gasteiger charge is -2.24. The molecule has 4 amide bonds. The first-order chi connectivity index (χ1) is 16.9. The van der Waals surface area contributed by atoms with Crippen molar-refractivity contribution in [2.24, 2.45) is 0 Å². The number of carbonyl (C=O) groups is 4. The molecule has 0 unspecified atom stereocenters. The van der Waals surface area contributed by atoms with Crippen LogP contribution in [0.25, 0.3) is 0 Å². The molecular weight excluding hydrogens is 452 g/mol. The number of nitrogens with zero attached hydrogens (tertiary/aromatic N) is 2. The molecule has 0 radical (unpaired) electrons. The summed E-state index contributed by atoms with van der Waals surface area (Å²) in [6, 6.07) is 0. The van der Waals surface area contributed by atoms with Crippen LogP contribution in [0.1, 0.15) is 32.6 Å². The molecule has 0 heterocycles. The van der Waals surface area contributed by atoms with Crippen LogP contribution in [0.5, 0.6) is 0 Å². The van der Waals surface area contributed by atoms with Crippen molar-refractivity contribution in [2.45, 2.75) is 32.6 Å². The Labute approximate surface area is 210 Å². The minimum Gasteiger partial charge on any atom is -0.359 e. The zero-order valence-corrected chi connectivity index (χ0v) is 22.1. The molecule has 6 N–H and O–H groups in total. The fourth-order valence-corrected chi connectivity index (χ4v) is 3.27. The first-order valence-electron chi connectivity index (χ1n) is 12.6. The monoisotopic (exact) mass is 500 g/mol. The van der Waals surface area contributed by atoms with Gasteiger partial charge in [0.25, 0.3) is 0 Å². The van der Waals surface area contributed by atoms with Gasteiger partial charge in [-0.3, -0.25) is 19.2 Å². The maximum atomic E-state index is 11.9. The number of hydrogen-bond acceptors (Lipinski definition) is 8. The lowest BCUT2D eigenvalue weighted by atomic mass is 10.3. The summed E-state index contributed by atoms with van der Waals surface area (Å²) in [7, 11) is 4.86. The fourth-order valence-electron chi connectivity index (χ4n) is 3.27. The summed E-state index contributed by atoms with van der Waals surface area (Å²) >= 11 is 0. The lowest BCUT2D eigenvalue weighted by molar-refractivity contribution is -0.122. The highest BCUT2D eigenvalue weighted by molar-refractivity contribution is 5.76. The minimum absolute atomic E-state index is 0.00878. The van der Waals surface area contributed by atoms with Crippen LogP contribution in [0.4, 0.5) is 0 Å². The first-order valence-corrected chi connectivity index (χ1v) is 12.6. The van der Waals surface area contributed by atoms with Gasteiger partial charge < -0.3 is 41.7 Å². The highest BCUT2D eigenvalue weighted by atomic mass is 16.2. The van der Waals surface area contributed by atoms with Gasteiger partial charge in [0.05, 0.1) is 0 Å². The molecule has 0 fully saturated rings. The summed E-state index contributed by atoms with van der Waals surface area (Å²) in [6.07, 6.45) is 1.67. The molecule has 0 aromatic rings. The molecule has 0 atom stereocenters. The molecule has 12 nitrogen and oxygen atoms in total. The van der Waals surface area contributed by atoms with Crippen molar-refractivity contribution >= 4 is 23.6 Å². The molecule has 0 aromatic carbocycles. The van der Waals surface area contributed by atoms with Gasteiger partial charge in [-0.25, -0.2) is 0 Å². The molecule has 0 aliphatic carbocycles. The smallest absolute Gasteiger partial charge is 0.221 e. The van der Waals surface area contributed by atoms with Crippen LogP contribution in [0.3, 0.4) is 0 Å². The van der Waals surface area contributed by atoms with E-state index in [-0.39, 0.29) is 23.6 Å². The summed E-state index contributed by atoms with van der Waals surface area (Å²) in [5, 5.41) is 17.4. The van der Waals surface area contributed by atoms with Gasteiger partial charge in [-0.15, -0.1) is 0 Å². The molecule has 35 heavy (non-hydrogen) atoms. The summed E-state index contributed by atoms with van der Waals surface area (Å²) in [4.78, 5) is 50.7. The van der Waals surface area contributed by atoms with Gasteiger partial charge in [-0.05, 0) is 6.92 Å². The van der Waals surface area contributed by atoms with E-state index >= 15 is 0 Å². The minimum atomic E-state index is -0.0189. The van der Waals surface area contributed by atoms with Crippen LogP contribution in [-0.4, -0.2) is 127 Å². The van der Waals surface area contributed by atoms with E-state index in [2.05, 4.69) is 41.7 Å². The molecule has 0 saturated carbocycles. The second kappa shape index (κ2) is 22.2. The van der Waals surface area contributed by atoms with Crippen molar-refractivity contribution in [3.05, 3.63) is 0 Å². The average molecular weight is 501 g/mol. The van der Waals surface area contributed by atoms with Crippen molar-refractivity contribution in [1.29, 1.82) is 0 Å². The maximum absolute atomic E-state index is 11.9. The zero-order valence-electron chi connectivity index (χ0n) is 22.1. The second-order valence-electron chi connectivity index (χ2n) is 8.16. The number of hydrogen-bond donors (Lipinski definition) is 6. The molecule has 0 spiro atoms. The fraction of sp³-hybridized carbons (Fsp3) is 0.826. The molecule has 0 aliphatic rings. The lowest BCUT2D eigenvalue weighted by Crippen LogP contribution is -2.41. The Morgan fingerprint density at radius 1 is 0.514 bits per heavy atom. The Kier molecular flexibility index (Phi) is 20.8. The third kappa shape index (κ3) is 19.7. The van der Waals surface area contributed by atoms with Gasteiger partial charge >= 0.3 is 0 Å². The van der Waals surface area contributed by atoms with Crippen molar-refractivity contribution in [2.75, 3.05) is 93.1 Å². The van der Waals surface area contributed by atoms with E-state index in [1.54, 1.807) is 21.1 Å². The Morgan fingerprint density at radius 2 is 0.886 bits per heavy atom. The highest BCUT2D eigenvalue weighted by Gasteiger charge is 2.11. The third-order valence-corrected chi connectivity index (χ3v) is 5.52. The predicted molar refractivity (Wildman–Crippen MR) is 138 cm³/mol. The Morgan fingerprint density at radius 3 is 1.31 bits per heavy atom. The normalized spacial score (nSPS) is 10.9. The van der Waals surface area contributed by atoms with Gasteiger partial charge in [-0.1, -0.05) is 0 Å². The first kappa shape index (κ1) is 32.7. The number of carbonyl (C=O) groups excluding carboxylic acids is 4. The quantitative estimate of drug-likeness (QED) is 0.0911. The van der Waals surface area contributed by atoms with E-state index in [0.29, 0.717) is 58.4 Å². The van der Waals surface area contributed by atoms with Gasteiger partial charge in [0, 0.05) is 119 Å². The summed E-state index contributed by atoms with van der Waals surface area (Å²) < 4.78 is 0. The molecule has 0 bridgehead atoms. The number of amides is 4. The molecule has 0 aromatic heterocycles. The average Bonchev–Trinajstić information content (AvgIpc) is 2.86. The highest BCUT2D eigenvalue weighted by Crippen LogP contribution is 1.96. The van der Waals surface area contributed by atoms with E-state index in [9.17, 15) is 19.2 Å². The standard InChI is InChI=1S/C23H48N8O4/c1-5-29-23(35)9-16-31(18-11-27-10-6-20(32)24-2)19-13-28-12-17-30(14-7-21(33)25-3)15-8-22(34)26-4/h27-28H,5-19H2,1-4H3,(H,24,32)(H,25,33)(H,26,34)(H,29,35). The molecule has 0 rings (SSSR count). The van der Waals surface area contributed by atoms with E-state index in [1.165, 1.54) is 0 Å². The predicted octanol–water partition coefficient (Wildman–Crippen LogP) is -2.30. The van der Waals surface area contributed by atoms with Crippen LogP contribution in [0, 0.1) is 0 Å². The molecule has 12 heteroatoms. The Hall–Kier alpha value is -2.28. The van der Waals surface area contributed by atoms with Crippen molar-refractivity contribution in [3.63, 3.8) is 0 Å². The van der Waals surface area contributed by atoms with Crippen LogP contribution in [0.2, 0.25) is 0 Å². The van der Waals surface area contributed by atoms with E-state index in [0.717, 1.165) is 39.3 Å². The second-order valence-corrected chi connectivity index (χ2v) is 8.16. The molecular formula is C23H48N8O4. The van der Waals surface area contributed by atoms with Crippen LogP contribution in [0.15, 0.2) is 0 Å². The Balaban J connectivity index is 4.45. The van der Waals surface area contributed by atoms with Crippen LogP contribution < -0.4 is 31.9 Å². The van der Waals surface area contributed by atoms with Crippen LogP contribution in [-0.2, 0) is 19.2 Å². The SMILES string of the molecule is CCNC(=O)CCN(CCNCCC(=O)NC)CCNCCN(CCC(=O)NC)CCC(=O)NC. The van der Waals surface area contributed by atoms with E-state index in [4.69, 9.17) is 0 Å². The molecule has 0 aliphatic heterocycles. The van der Waals surface area contributed by atoms with E-state index in [1.807, 2.05) is 6.92 Å². The maximum Gasteiger partial charge on any atom is 0.221 e. The third-order valence-electron chi connectivity index (χ3n) is 5.52. The molecule has 0 saturated heterocycles. The largest absolute Gasteiger partial charge is 0.359 e. The van der Waals surface area contributed by atoms with E-state index < -0.39 is 0 Å². The van der Waals surface area contributed by atoms with Crippen molar-refractivity contribution in [1.82, 2.24) is 41.7 Å². The molecule has 204 valence electrons. The van der Waals surface area contributed by atoms with Gasteiger partial charge in [0.15, 0.2) is 0 Å². The van der Waals surface area contributed by atoms with Gasteiger partial charge in [0.1, 0.15) is 0 Å².